The molecule has 2 aromatic carbocycles. The molecule has 0 radical (unpaired) electrons. The smallest absolute Gasteiger partial charge is 0.325 e. The number of hydrogen-bond acceptors (Lipinski definition) is 6. The van der Waals surface area contributed by atoms with E-state index in [1.165, 1.54) is 16.2 Å². The fraction of sp³-hybridized carbons (Fsp3) is 0.200. The highest BCUT2D eigenvalue weighted by Crippen LogP contribution is 2.22. The van der Waals surface area contributed by atoms with Gasteiger partial charge in [0, 0.05) is 12.6 Å². The van der Waals surface area contributed by atoms with Crippen LogP contribution in [0.3, 0.4) is 0 Å². The Hall–Kier alpha value is -3.26. The Labute approximate surface area is 165 Å². The molecule has 28 heavy (non-hydrogen) atoms. The second kappa shape index (κ2) is 9.09. The number of amides is 2. The molecule has 1 N–H and O–H groups in total. The highest BCUT2D eigenvalue weighted by Gasteiger charge is 2.15. The lowest BCUT2D eigenvalue weighted by Crippen LogP contribution is -2.34. The van der Waals surface area contributed by atoms with E-state index in [-0.39, 0.29) is 25.0 Å². The first kappa shape index (κ1) is 19.5. The van der Waals surface area contributed by atoms with Gasteiger partial charge in [-0.3, -0.25) is 14.4 Å². The maximum atomic E-state index is 12.2. The number of aromatic nitrogens is 1. The molecule has 1 aromatic heterocycles. The number of hydrogen-bond donors (Lipinski definition) is 1. The zero-order valence-corrected chi connectivity index (χ0v) is 16.1. The molecule has 8 heteroatoms. The van der Waals surface area contributed by atoms with Crippen molar-refractivity contribution in [3.63, 3.8) is 0 Å². The van der Waals surface area contributed by atoms with E-state index in [0.717, 1.165) is 15.2 Å². The van der Waals surface area contributed by atoms with Gasteiger partial charge in [0.1, 0.15) is 11.6 Å². The Balaban J connectivity index is 1.42. The number of benzene rings is 2. The Morgan fingerprint density at radius 1 is 1.07 bits per heavy atom. The molecule has 3 aromatic rings. The van der Waals surface area contributed by atoms with Gasteiger partial charge < -0.3 is 15.0 Å². The molecule has 0 atom stereocenters. The molecule has 0 saturated carbocycles. The summed E-state index contributed by atoms with van der Waals surface area (Å²) in [5, 5.41) is 3.26. The Kier molecular flexibility index (Phi) is 6.33. The van der Waals surface area contributed by atoms with Crippen molar-refractivity contribution >= 4 is 39.3 Å². The van der Waals surface area contributed by atoms with Crippen LogP contribution >= 0.6 is 11.3 Å². The number of rotatable bonds is 7. The molecule has 144 valence electrons. The number of nitrogens with one attached hydrogen (secondary N) is 1. The summed E-state index contributed by atoms with van der Waals surface area (Å²) in [5.41, 5.74) is 1.34. The first-order valence-electron chi connectivity index (χ1n) is 8.60. The number of fused-ring (bicyclic) bond motifs is 1. The summed E-state index contributed by atoms with van der Waals surface area (Å²) in [6.45, 7) is -0.357. The molecule has 0 saturated heterocycles. The first-order valence-corrected chi connectivity index (χ1v) is 9.42. The van der Waals surface area contributed by atoms with Crippen LogP contribution in [0.4, 0.5) is 0 Å². The third-order valence-electron chi connectivity index (χ3n) is 3.92. The van der Waals surface area contributed by atoms with Crippen molar-refractivity contribution in [3.05, 3.63) is 65.2 Å². The van der Waals surface area contributed by atoms with E-state index in [1.54, 1.807) is 37.4 Å². The average molecular weight is 397 g/mol. The third-order valence-corrected chi connectivity index (χ3v) is 4.94. The summed E-state index contributed by atoms with van der Waals surface area (Å²) in [5.74, 6) is -1.40. The minimum absolute atomic E-state index is 0.303. The molecule has 0 spiro atoms. The molecule has 0 aliphatic rings. The van der Waals surface area contributed by atoms with E-state index in [0.29, 0.717) is 12.1 Å². The highest BCUT2D eigenvalue weighted by atomic mass is 32.1. The molecule has 0 aliphatic carbocycles. The van der Waals surface area contributed by atoms with Gasteiger partial charge >= 0.3 is 5.97 Å². The zero-order valence-electron chi connectivity index (χ0n) is 15.3. The number of esters is 1. The number of carbonyl (C=O) groups excluding carboxylic acids is 3. The van der Waals surface area contributed by atoms with Gasteiger partial charge in [-0.25, -0.2) is 4.98 Å². The SMILES string of the molecule is CN(Cc1nc2ccccc2s1)C(=O)COC(=O)CNC(=O)c1ccccc1. The van der Waals surface area contributed by atoms with Crippen LogP contribution in [0, 0.1) is 0 Å². The van der Waals surface area contributed by atoms with E-state index in [4.69, 9.17) is 4.74 Å². The Morgan fingerprint density at radius 3 is 2.54 bits per heavy atom. The standard InChI is InChI=1S/C20H19N3O4S/c1-23(12-17-22-15-9-5-6-10-16(15)28-17)18(24)13-27-19(25)11-21-20(26)14-7-3-2-4-8-14/h2-10H,11-13H2,1H3,(H,21,26). The predicted molar refractivity (Wildman–Crippen MR) is 106 cm³/mol. The van der Waals surface area contributed by atoms with Crippen LogP contribution in [-0.4, -0.2) is 47.9 Å². The topological polar surface area (TPSA) is 88.6 Å². The fourth-order valence-corrected chi connectivity index (χ4v) is 3.45. The second-order valence-corrected chi connectivity index (χ2v) is 7.15. The zero-order chi connectivity index (χ0) is 19.9. The molecule has 3 rings (SSSR count). The van der Waals surface area contributed by atoms with Crippen molar-refractivity contribution in [2.24, 2.45) is 0 Å². The fourth-order valence-electron chi connectivity index (χ4n) is 2.43. The molecular formula is C20H19N3O4S. The number of para-hydroxylation sites is 1. The largest absolute Gasteiger partial charge is 0.454 e. The van der Waals surface area contributed by atoms with Crippen LogP contribution in [0.2, 0.25) is 0 Å². The van der Waals surface area contributed by atoms with Crippen molar-refractivity contribution in [3.8, 4) is 0 Å². The first-order chi connectivity index (χ1) is 13.5. The summed E-state index contributed by atoms with van der Waals surface area (Å²) in [7, 11) is 1.62. The molecule has 0 fully saturated rings. The molecule has 7 nitrogen and oxygen atoms in total. The minimum Gasteiger partial charge on any atom is -0.454 e. The van der Waals surface area contributed by atoms with Gasteiger partial charge in [-0.05, 0) is 24.3 Å². The van der Waals surface area contributed by atoms with Crippen molar-refractivity contribution in [2.75, 3.05) is 20.2 Å². The van der Waals surface area contributed by atoms with Gasteiger partial charge in [0.2, 0.25) is 0 Å². The van der Waals surface area contributed by atoms with Gasteiger partial charge in [0.15, 0.2) is 6.61 Å². The normalized spacial score (nSPS) is 10.5. The van der Waals surface area contributed by atoms with Crippen molar-refractivity contribution in [1.29, 1.82) is 0 Å². The lowest BCUT2D eigenvalue weighted by Gasteiger charge is -2.15. The lowest BCUT2D eigenvalue weighted by atomic mass is 10.2. The van der Waals surface area contributed by atoms with Gasteiger partial charge in [-0.15, -0.1) is 11.3 Å². The summed E-state index contributed by atoms with van der Waals surface area (Å²) >= 11 is 1.52. The van der Waals surface area contributed by atoms with E-state index in [1.807, 2.05) is 24.3 Å². The molecule has 0 unspecified atom stereocenters. The van der Waals surface area contributed by atoms with E-state index >= 15 is 0 Å². The van der Waals surface area contributed by atoms with Crippen LogP contribution in [0.15, 0.2) is 54.6 Å². The summed E-state index contributed by atoms with van der Waals surface area (Å²) in [4.78, 5) is 41.7. The Bertz CT molecular complexity index is 954. The van der Waals surface area contributed by atoms with Crippen LogP contribution < -0.4 is 5.32 Å². The molecule has 1 heterocycles. The van der Waals surface area contributed by atoms with Crippen LogP contribution in [0.1, 0.15) is 15.4 Å². The third kappa shape index (κ3) is 5.14. The summed E-state index contributed by atoms with van der Waals surface area (Å²) in [6.07, 6.45) is 0. The number of thiazole rings is 1. The van der Waals surface area contributed by atoms with Crippen LogP contribution in [-0.2, 0) is 20.9 Å². The molecular weight excluding hydrogens is 378 g/mol. The lowest BCUT2D eigenvalue weighted by molar-refractivity contribution is -0.150. The van der Waals surface area contributed by atoms with Gasteiger partial charge in [0.25, 0.3) is 11.8 Å². The predicted octanol–water partition coefficient (Wildman–Crippen LogP) is 2.23. The highest BCUT2D eigenvalue weighted by molar-refractivity contribution is 7.18. The molecule has 0 bridgehead atoms. The monoisotopic (exact) mass is 397 g/mol. The maximum absolute atomic E-state index is 12.2. The Morgan fingerprint density at radius 2 is 1.79 bits per heavy atom. The number of likely N-dealkylation sites (N-methyl/N-ethyl adjacent to an activating group) is 1. The minimum atomic E-state index is -0.675. The summed E-state index contributed by atoms with van der Waals surface area (Å²) in [6, 6.07) is 16.3. The number of ether oxygens (including phenoxy) is 1. The van der Waals surface area contributed by atoms with Crippen molar-refractivity contribution in [1.82, 2.24) is 15.2 Å². The molecule has 2 amide bonds. The second-order valence-electron chi connectivity index (χ2n) is 6.03. The van der Waals surface area contributed by atoms with Gasteiger partial charge in [-0.1, -0.05) is 30.3 Å². The number of carbonyl (C=O) groups is 3. The van der Waals surface area contributed by atoms with Crippen molar-refractivity contribution < 1.29 is 19.1 Å². The van der Waals surface area contributed by atoms with Crippen molar-refractivity contribution in [2.45, 2.75) is 6.54 Å². The molecule has 0 aliphatic heterocycles. The van der Waals surface area contributed by atoms with E-state index in [9.17, 15) is 14.4 Å². The number of nitrogens with zero attached hydrogens (tertiary/aromatic N) is 2. The van der Waals surface area contributed by atoms with E-state index < -0.39 is 5.97 Å². The van der Waals surface area contributed by atoms with Crippen LogP contribution in [0.25, 0.3) is 10.2 Å². The maximum Gasteiger partial charge on any atom is 0.325 e. The average Bonchev–Trinajstić information content (AvgIpc) is 3.13. The quantitative estimate of drug-likeness (QED) is 0.618. The summed E-state index contributed by atoms with van der Waals surface area (Å²) < 4.78 is 6.00. The van der Waals surface area contributed by atoms with Gasteiger partial charge in [-0.2, -0.15) is 0 Å². The van der Waals surface area contributed by atoms with Gasteiger partial charge in [0.05, 0.1) is 16.8 Å². The van der Waals surface area contributed by atoms with Crippen LogP contribution in [0.5, 0.6) is 0 Å². The van der Waals surface area contributed by atoms with E-state index in [2.05, 4.69) is 10.3 Å².